The van der Waals surface area contributed by atoms with Crippen LogP contribution in [-0.2, 0) is 0 Å². The van der Waals surface area contributed by atoms with Gasteiger partial charge in [0.05, 0.1) is 10.5 Å². The van der Waals surface area contributed by atoms with E-state index in [9.17, 15) is 15.2 Å². The van der Waals surface area contributed by atoms with Crippen molar-refractivity contribution in [2.24, 2.45) is 0 Å². The van der Waals surface area contributed by atoms with Crippen molar-refractivity contribution in [2.75, 3.05) is 11.9 Å². The molecule has 0 spiro atoms. The molecule has 0 bridgehead atoms. The number of hydrogen-bond acceptors (Lipinski definition) is 5. The Bertz CT molecular complexity index is 433. The van der Waals surface area contributed by atoms with Crippen LogP contribution in [0.2, 0.25) is 0 Å². The number of aryl methyl sites for hydroxylation is 1. The molecule has 1 rings (SSSR count). The van der Waals surface area contributed by atoms with Crippen molar-refractivity contribution < 1.29 is 10.0 Å². The predicted molar refractivity (Wildman–Crippen MR) is 69.6 cm³/mol. The van der Waals surface area contributed by atoms with E-state index in [4.69, 9.17) is 0 Å². The highest BCUT2D eigenvalue weighted by atomic mass is 16.6. The van der Waals surface area contributed by atoms with Gasteiger partial charge in [0.2, 0.25) is 0 Å². The van der Waals surface area contributed by atoms with Crippen molar-refractivity contribution in [1.29, 1.82) is 0 Å². The predicted octanol–water partition coefficient (Wildman–Crippen LogP) is 2.26. The monoisotopic (exact) mass is 253 g/mol. The van der Waals surface area contributed by atoms with Crippen molar-refractivity contribution in [3.63, 3.8) is 0 Å². The molecule has 0 fully saturated rings. The van der Waals surface area contributed by atoms with Crippen LogP contribution < -0.4 is 5.32 Å². The third-order valence-electron chi connectivity index (χ3n) is 2.69. The van der Waals surface area contributed by atoms with Crippen LogP contribution in [0, 0.1) is 17.0 Å². The number of aliphatic hydroxyl groups is 1. The van der Waals surface area contributed by atoms with E-state index in [1.165, 1.54) is 6.07 Å². The second kappa shape index (κ2) is 5.77. The molecule has 6 nitrogen and oxygen atoms in total. The number of aromatic nitrogens is 1. The summed E-state index contributed by atoms with van der Waals surface area (Å²) in [5.74, 6) is 0.537. The fraction of sp³-hybridized carbons (Fsp3) is 0.583. The fourth-order valence-electron chi connectivity index (χ4n) is 1.75. The SMILES string of the molecule is CCCC(C)(O)CNc1ccc([N+](=O)[O-])c(C)n1. The number of rotatable bonds is 6. The summed E-state index contributed by atoms with van der Waals surface area (Å²) in [5, 5.41) is 23.6. The molecule has 2 N–H and O–H groups in total. The van der Waals surface area contributed by atoms with Gasteiger partial charge in [-0.05, 0) is 26.3 Å². The zero-order valence-corrected chi connectivity index (χ0v) is 10.9. The van der Waals surface area contributed by atoms with Gasteiger partial charge in [0, 0.05) is 12.6 Å². The minimum Gasteiger partial charge on any atom is -0.388 e. The van der Waals surface area contributed by atoms with Gasteiger partial charge in [-0.25, -0.2) is 4.98 Å². The molecule has 0 saturated carbocycles. The molecule has 1 aromatic rings. The molecule has 0 amide bonds. The summed E-state index contributed by atoms with van der Waals surface area (Å²) in [5.41, 5.74) is -0.437. The highest BCUT2D eigenvalue weighted by Crippen LogP contribution is 2.19. The number of nitro groups is 1. The van der Waals surface area contributed by atoms with E-state index < -0.39 is 10.5 Å². The Labute approximate surface area is 106 Å². The van der Waals surface area contributed by atoms with Crippen molar-refractivity contribution in [2.45, 2.75) is 39.2 Å². The minimum absolute atomic E-state index is 0.000804. The molecule has 1 atom stereocenters. The molecule has 0 saturated heterocycles. The summed E-state index contributed by atoms with van der Waals surface area (Å²) in [7, 11) is 0. The highest BCUT2D eigenvalue weighted by Gasteiger charge is 2.19. The van der Waals surface area contributed by atoms with Crippen LogP contribution in [0.15, 0.2) is 12.1 Å². The molecule has 18 heavy (non-hydrogen) atoms. The van der Waals surface area contributed by atoms with Gasteiger partial charge in [0.1, 0.15) is 11.5 Å². The molecule has 1 unspecified atom stereocenters. The number of nitrogens with zero attached hydrogens (tertiary/aromatic N) is 2. The van der Waals surface area contributed by atoms with Gasteiger partial charge < -0.3 is 10.4 Å². The Kier molecular flexibility index (Phi) is 4.61. The third kappa shape index (κ3) is 3.96. The second-order valence-corrected chi connectivity index (χ2v) is 4.66. The van der Waals surface area contributed by atoms with Gasteiger partial charge in [-0.1, -0.05) is 13.3 Å². The summed E-state index contributed by atoms with van der Waals surface area (Å²) >= 11 is 0. The summed E-state index contributed by atoms with van der Waals surface area (Å²) in [6.07, 6.45) is 1.58. The quantitative estimate of drug-likeness (QED) is 0.599. The van der Waals surface area contributed by atoms with E-state index in [0.29, 0.717) is 24.5 Å². The van der Waals surface area contributed by atoms with Gasteiger partial charge in [-0.3, -0.25) is 10.1 Å². The summed E-state index contributed by atoms with van der Waals surface area (Å²) in [6.45, 7) is 5.71. The first-order valence-electron chi connectivity index (χ1n) is 5.94. The molecule has 6 heteroatoms. The van der Waals surface area contributed by atoms with E-state index in [2.05, 4.69) is 10.3 Å². The highest BCUT2D eigenvalue weighted by molar-refractivity contribution is 5.44. The van der Waals surface area contributed by atoms with Gasteiger partial charge in [-0.2, -0.15) is 0 Å². The normalized spacial score (nSPS) is 14.0. The van der Waals surface area contributed by atoms with E-state index in [1.807, 2.05) is 6.92 Å². The maximum Gasteiger partial charge on any atom is 0.290 e. The molecule has 1 aromatic heterocycles. The summed E-state index contributed by atoms with van der Waals surface area (Å²) < 4.78 is 0. The van der Waals surface area contributed by atoms with E-state index >= 15 is 0 Å². The number of hydrogen-bond donors (Lipinski definition) is 2. The molecule has 0 aliphatic rings. The summed E-state index contributed by atoms with van der Waals surface area (Å²) in [4.78, 5) is 14.3. The first kappa shape index (κ1) is 14.4. The lowest BCUT2D eigenvalue weighted by atomic mass is 10.0. The van der Waals surface area contributed by atoms with Crippen LogP contribution in [0.3, 0.4) is 0 Å². The van der Waals surface area contributed by atoms with Crippen LogP contribution in [0.4, 0.5) is 11.5 Å². The van der Waals surface area contributed by atoms with Gasteiger partial charge in [0.25, 0.3) is 5.69 Å². The van der Waals surface area contributed by atoms with Crippen LogP contribution in [0.25, 0.3) is 0 Å². The Morgan fingerprint density at radius 3 is 2.72 bits per heavy atom. The summed E-state index contributed by atoms with van der Waals surface area (Å²) in [6, 6.07) is 2.96. The maximum absolute atomic E-state index is 10.6. The Morgan fingerprint density at radius 2 is 2.22 bits per heavy atom. The largest absolute Gasteiger partial charge is 0.388 e. The Morgan fingerprint density at radius 1 is 1.56 bits per heavy atom. The number of nitrogens with one attached hydrogen (secondary N) is 1. The second-order valence-electron chi connectivity index (χ2n) is 4.66. The zero-order valence-electron chi connectivity index (χ0n) is 10.9. The van der Waals surface area contributed by atoms with E-state index in [1.54, 1.807) is 19.9 Å². The molecular formula is C12H19N3O3. The first-order chi connectivity index (χ1) is 8.35. The van der Waals surface area contributed by atoms with Gasteiger partial charge in [0.15, 0.2) is 0 Å². The van der Waals surface area contributed by atoms with Crippen molar-refractivity contribution in [3.05, 3.63) is 27.9 Å². The van der Waals surface area contributed by atoms with Crippen LogP contribution in [-0.4, -0.2) is 27.2 Å². The minimum atomic E-state index is -0.799. The third-order valence-corrected chi connectivity index (χ3v) is 2.69. The topological polar surface area (TPSA) is 88.3 Å². The lowest BCUT2D eigenvalue weighted by Crippen LogP contribution is -2.33. The molecule has 0 aliphatic carbocycles. The lowest BCUT2D eigenvalue weighted by molar-refractivity contribution is -0.385. The molecule has 1 heterocycles. The molecule has 100 valence electrons. The molecular weight excluding hydrogens is 234 g/mol. The van der Waals surface area contributed by atoms with Crippen molar-refractivity contribution in [1.82, 2.24) is 4.98 Å². The van der Waals surface area contributed by atoms with Crippen LogP contribution >= 0.6 is 0 Å². The smallest absolute Gasteiger partial charge is 0.290 e. The van der Waals surface area contributed by atoms with Crippen LogP contribution in [0.5, 0.6) is 0 Å². The van der Waals surface area contributed by atoms with Crippen LogP contribution in [0.1, 0.15) is 32.4 Å². The van der Waals surface area contributed by atoms with E-state index in [-0.39, 0.29) is 5.69 Å². The average Bonchev–Trinajstić information content (AvgIpc) is 2.26. The standard InChI is InChI=1S/C12H19N3O3/c1-4-7-12(3,16)8-13-11-6-5-10(15(17)18)9(2)14-11/h5-6,16H,4,7-8H2,1-3H3,(H,13,14). The molecule has 0 aliphatic heterocycles. The fourth-order valence-corrected chi connectivity index (χ4v) is 1.75. The first-order valence-corrected chi connectivity index (χ1v) is 5.94. The number of anilines is 1. The zero-order chi connectivity index (χ0) is 13.8. The van der Waals surface area contributed by atoms with Crippen molar-refractivity contribution >= 4 is 11.5 Å². The molecule has 0 radical (unpaired) electrons. The Balaban J connectivity index is 2.70. The number of pyridine rings is 1. The molecule has 0 aromatic carbocycles. The average molecular weight is 253 g/mol. The van der Waals surface area contributed by atoms with Gasteiger partial charge >= 0.3 is 0 Å². The maximum atomic E-state index is 10.6. The van der Waals surface area contributed by atoms with Crippen molar-refractivity contribution in [3.8, 4) is 0 Å². The van der Waals surface area contributed by atoms with Gasteiger partial charge in [-0.15, -0.1) is 0 Å². The lowest BCUT2D eigenvalue weighted by Gasteiger charge is -2.23. The Hall–Kier alpha value is -1.69. The van der Waals surface area contributed by atoms with E-state index in [0.717, 1.165) is 6.42 Å².